The van der Waals surface area contributed by atoms with Gasteiger partial charge < -0.3 is 9.64 Å². The van der Waals surface area contributed by atoms with Crippen LogP contribution in [0, 0.1) is 0 Å². The molecule has 134 valence electrons. The van der Waals surface area contributed by atoms with E-state index in [2.05, 4.69) is 27.7 Å². The lowest BCUT2D eigenvalue weighted by Gasteiger charge is -2.27. The van der Waals surface area contributed by atoms with E-state index < -0.39 is 0 Å². The average molecular weight is 341 g/mol. The first-order valence-corrected chi connectivity index (χ1v) is 9.06. The third-order valence-electron chi connectivity index (χ3n) is 4.55. The van der Waals surface area contributed by atoms with E-state index in [-0.39, 0.29) is 17.7 Å². The van der Waals surface area contributed by atoms with Gasteiger partial charge in [-0.15, -0.1) is 0 Å². The smallest absolute Gasteiger partial charge is 0.257 e. The summed E-state index contributed by atoms with van der Waals surface area (Å²) in [5.41, 5.74) is 3.64. The van der Waals surface area contributed by atoms with Crippen molar-refractivity contribution in [3.05, 3.63) is 47.3 Å². The van der Waals surface area contributed by atoms with E-state index >= 15 is 0 Å². The molecule has 1 amide bonds. The highest BCUT2D eigenvalue weighted by molar-refractivity contribution is 5.97. The molecule has 1 saturated heterocycles. The SMILES string of the molecule is CC(C)c1nn(-c2ccccc2)c(C(C)C)c1C(=O)N1CCOCC1. The maximum absolute atomic E-state index is 13.3. The molecule has 0 N–H and O–H groups in total. The van der Waals surface area contributed by atoms with Gasteiger partial charge in [0.25, 0.3) is 5.91 Å². The molecule has 0 saturated carbocycles. The quantitative estimate of drug-likeness (QED) is 0.854. The van der Waals surface area contributed by atoms with Crippen LogP contribution in [0.4, 0.5) is 0 Å². The van der Waals surface area contributed by atoms with Crippen LogP contribution < -0.4 is 0 Å². The van der Waals surface area contributed by atoms with Gasteiger partial charge in [-0.25, -0.2) is 4.68 Å². The Labute approximate surface area is 149 Å². The Morgan fingerprint density at radius 2 is 1.68 bits per heavy atom. The van der Waals surface area contributed by atoms with E-state index in [1.807, 2.05) is 39.9 Å². The molecule has 0 atom stereocenters. The van der Waals surface area contributed by atoms with E-state index in [9.17, 15) is 4.79 Å². The Kier molecular flexibility index (Phi) is 5.23. The largest absolute Gasteiger partial charge is 0.378 e. The van der Waals surface area contributed by atoms with Crippen LogP contribution in [0.25, 0.3) is 5.69 Å². The summed E-state index contributed by atoms with van der Waals surface area (Å²) in [4.78, 5) is 15.2. The third-order valence-corrected chi connectivity index (χ3v) is 4.55. The number of aromatic nitrogens is 2. The number of amides is 1. The van der Waals surface area contributed by atoms with Crippen molar-refractivity contribution in [3.8, 4) is 5.69 Å². The van der Waals surface area contributed by atoms with E-state index in [1.54, 1.807) is 0 Å². The highest BCUT2D eigenvalue weighted by atomic mass is 16.5. The highest BCUT2D eigenvalue weighted by Crippen LogP contribution is 2.31. The number of hydrogen-bond acceptors (Lipinski definition) is 3. The molecule has 0 radical (unpaired) electrons. The number of ether oxygens (including phenoxy) is 1. The van der Waals surface area contributed by atoms with Gasteiger partial charge in [0, 0.05) is 13.1 Å². The van der Waals surface area contributed by atoms with E-state index in [0.717, 1.165) is 22.6 Å². The van der Waals surface area contributed by atoms with Crippen molar-refractivity contribution < 1.29 is 9.53 Å². The van der Waals surface area contributed by atoms with Crippen LogP contribution in [-0.4, -0.2) is 46.9 Å². The van der Waals surface area contributed by atoms with Crippen molar-refractivity contribution in [2.75, 3.05) is 26.3 Å². The van der Waals surface area contributed by atoms with Gasteiger partial charge in [0.1, 0.15) is 0 Å². The summed E-state index contributed by atoms with van der Waals surface area (Å²) >= 11 is 0. The van der Waals surface area contributed by atoms with Crippen LogP contribution in [0.1, 0.15) is 61.3 Å². The molecule has 1 aliphatic heterocycles. The van der Waals surface area contributed by atoms with Crippen molar-refractivity contribution in [2.45, 2.75) is 39.5 Å². The molecule has 0 aliphatic carbocycles. The van der Waals surface area contributed by atoms with Crippen LogP contribution >= 0.6 is 0 Å². The fraction of sp³-hybridized carbons (Fsp3) is 0.500. The van der Waals surface area contributed by atoms with Crippen molar-refractivity contribution in [3.63, 3.8) is 0 Å². The minimum absolute atomic E-state index is 0.0814. The first-order valence-electron chi connectivity index (χ1n) is 9.06. The first-order chi connectivity index (χ1) is 12.0. The summed E-state index contributed by atoms with van der Waals surface area (Å²) in [7, 11) is 0. The van der Waals surface area contributed by atoms with E-state index in [1.165, 1.54) is 0 Å². The summed E-state index contributed by atoms with van der Waals surface area (Å²) in [5, 5.41) is 4.85. The molecular formula is C20H27N3O2. The molecule has 2 heterocycles. The molecule has 1 fully saturated rings. The van der Waals surface area contributed by atoms with Gasteiger partial charge in [-0.05, 0) is 24.0 Å². The van der Waals surface area contributed by atoms with Gasteiger partial charge >= 0.3 is 0 Å². The second kappa shape index (κ2) is 7.40. The van der Waals surface area contributed by atoms with Crippen LogP contribution in [-0.2, 0) is 4.74 Å². The van der Waals surface area contributed by atoms with Gasteiger partial charge in [0.05, 0.1) is 35.9 Å². The van der Waals surface area contributed by atoms with Gasteiger partial charge in [-0.2, -0.15) is 5.10 Å². The number of carbonyl (C=O) groups excluding carboxylic acids is 1. The number of para-hydroxylation sites is 1. The number of carbonyl (C=O) groups is 1. The molecule has 1 aliphatic rings. The molecule has 2 aromatic rings. The van der Waals surface area contributed by atoms with Crippen LogP contribution in [0.15, 0.2) is 30.3 Å². The number of hydrogen-bond donors (Lipinski definition) is 0. The molecule has 0 bridgehead atoms. The Hall–Kier alpha value is -2.14. The minimum atomic E-state index is 0.0814. The third kappa shape index (κ3) is 3.47. The monoisotopic (exact) mass is 341 g/mol. The fourth-order valence-electron chi connectivity index (χ4n) is 3.30. The normalized spacial score (nSPS) is 15.2. The lowest BCUT2D eigenvalue weighted by Crippen LogP contribution is -2.41. The first kappa shape index (κ1) is 17.7. The summed E-state index contributed by atoms with van der Waals surface area (Å²) in [6.45, 7) is 10.9. The van der Waals surface area contributed by atoms with Crippen molar-refractivity contribution in [1.29, 1.82) is 0 Å². The Morgan fingerprint density at radius 1 is 1.04 bits per heavy atom. The Bertz CT molecular complexity index is 729. The predicted molar refractivity (Wildman–Crippen MR) is 98.5 cm³/mol. The van der Waals surface area contributed by atoms with Gasteiger partial charge in [0.2, 0.25) is 0 Å². The molecule has 0 spiro atoms. The number of nitrogens with zero attached hydrogens (tertiary/aromatic N) is 3. The topological polar surface area (TPSA) is 47.4 Å². The number of rotatable bonds is 4. The zero-order valence-electron chi connectivity index (χ0n) is 15.5. The number of morpholine rings is 1. The lowest BCUT2D eigenvalue weighted by atomic mass is 9.97. The van der Waals surface area contributed by atoms with E-state index in [0.29, 0.717) is 26.3 Å². The van der Waals surface area contributed by atoms with Gasteiger partial charge in [-0.3, -0.25) is 4.79 Å². The summed E-state index contributed by atoms with van der Waals surface area (Å²) in [6.07, 6.45) is 0. The molecular weight excluding hydrogens is 314 g/mol. The molecule has 5 nitrogen and oxygen atoms in total. The lowest BCUT2D eigenvalue weighted by molar-refractivity contribution is 0.0301. The molecule has 1 aromatic carbocycles. The molecule has 1 aromatic heterocycles. The average Bonchev–Trinajstić information content (AvgIpc) is 3.03. The minimum Gasteiger partial charge on any atom is -0.378 e. The molecule has 25 heavy (non-hydrogen) atoms. The second-order valence-electron chi connectivity index (χ2n) is 7.11. The summed E-state index contributed by atoms with van der Waals surface area (Å²) < 4.78 is 7.35. The van der Waals surface area contributed by atoms with Crippen molar-refractivity contribution >= 4 is 5.91 Å². The zero-order chi connectivity index (χ0) is 18.0. The molecule has 0 unspecified atom stereocenters. The maximum atomic E-state index is 13.3. The summed E-state index contributed by atoms with van der Waals surface area (Å²) in [5.74, 6) is 0.459. The summed E-state index contributed by atoms with van der Waals surface area (Å²) in [6, 6.07) is 10.1. The van der Waals surface area contributed by atoms with Gasteiger partial charge in [0.15, 0.2) is 0 Å². The fourth-order valence-corrected chi connectivity index (χ4v) is 3.30. The van der Waals surface area contributed by atoms with Crippen LogP contribution in [0.2, 0.25) is 0 Å². The van der Waals surface area contributed by atoms with Crippen molar-refractivity contribution in [2.24, 2.45) is 0 Å². The van der Waals surface area contributed by atoms with Crippen molar-refractivity contribution in [1.82, 2.24) is 14.7 Å². The van der Waals surface area contributed by atoms with Crippen LogP contribution in [0.5, 0.6) is 0 Å². The second-order valence-corrected chi connectivity index (χ2v) is 7.11. The van der Waals surface area contributed by atoms with Crippen LogP contribution in [0.3, 0.4) is 0 Å². The Balaban J connectivity index is 2.15. The Morgan fingerprint density at radius 3 is 2.24 bits per heavy atom. The van der Waals surface area contributed by atoms with E-state index in [4.69, 9.17) is 9.84 Å². The molecule has 3 rings (SSSR count). The van der Waals surface area contributed by atoms with Gasteiger partial charge in [-0.1, -0.05) is 45.9 Å². The zero-order valence-corrected chi connectivity index (χ0v) is 15.5. The predicted octanol–water partition coefficient (Wildman–Crippen LogP) is 3.59. The standard InChI is InChI=1S/C20H27N3O2/c1-14(2)18-17(20(24)22-10-12-25-13-11-22)19(15(3)4)23(21-18)16-8-6-5-7-9-16/h5-9,14-15H,10-13H2,1-4H3. The maximum Gasteiger partial charge on any atom is 0.257 e. The highest BCUT2D eigenvalue weighted by Gasteiger charge is 2.31. The number of benzene rings is 1. The molecule has 5 heteroatoms.